The van der Waals surface area contributed by atoms with E-state index in [0.29, 0.717) is 5.91 Å². The topological polar surface area (TPSA) is 75.4 Å². The van der Waals surface area contributed by atoms with E-state index in [1.54, 1.807) is 0 Å². The number of anilines is 1. The Hall–Kier alpha value is -1.21. The van der Waals surface area contributed by atoms with E-state index in [9.17, 15) is 4.79 Å². The second kappa shape index (κ2) is 6.91. The number of nitrogens with two attached hydrogens (primary N) is 1. The van der Waals surface area contributed by atoms with Crippen LogP contribution in [0.4, 0.5) is 5.13 Å². The normalized spacial score (nSPS) is 26.3. The molecule has 0 aromatic carbocycles. The number of nitrogens with zero attached hydrogens (tertiary/aromatic N) is 4. The minimum absolute atomic E-state index is 0.148. The number of carbonyl (C=O) groups is 1. The average Bonchev–Trinajstić information content (AvgIpc) is 3.10. The van der Waals surface area contributed by atoms with Gasteiger partial charge in [0.25, 0.3) is 0 Å². The van der Waals surface area contributed by atoms with Gasteiger partial charge in [-0.3, -0.25) is 4.79 Å². The van der Waals surface area contributed by atoms with Crippen LogP contribution < -0.4 is 10.6 Å². The molecule has 0 radical (unpaired) electrons. The van der Waals surface area contributed by atoms with Gasteiger partial charge in [0.2, 0.25) is 11.0 Å². The highest BCUT2D eigenvalue weighted by Crippen LogP contribution is 2.27. The van der Waals surface area contributed by atoms with Crippen LogP contribution in [0.25, 0.3) is 0 Å². The zero-order valence-electron chi connectivity index (χ0n) is 13.2. The van der Waals surface area contributed by atoms with Gasteiger partial charge in [0.05, 0.1) is 0 Å². The molecular weight excluding hydrogens is 298 g/mol. The van der Waals surface area contributed by atoms with Gasteiger partial charge >= 0.3 is 0 Å². The fourth-order valence-electron chi connectivity index (χ4n) is 3.34. The molecule has 2 atom stereocenters. The van der Waals surface area contributed by atoms with Gasteiger partial charge in [-0.15, -0.1) is 0 Å². The van der Waals surface area contributed by atoms with Crippen LogP contribution in [0, 0.1) is 5.92 Å². The molecule has 1 saturated carbocycles. The molecule has 6 nitrogen and oxygen atoms in total. The summed E-state index contributed by atoms with van der Waals surface area (Å²) < 4.78 is 4.36. The molecule has 2 fully saturated rings. The van der Waals surface area contributed by atoms with Gasteiger partial charge in [0.15, 0.2) is 0 Å². The molecule has 1 aliphatic carbocycles. The molecule has 2 N–H and O–H groups in total. The van der Waals surface area contributed by atoms with Crippen molar-refractivity contribution in [2.24, 2.45) is 11.7 Å². The molecule has 0 spiro atoms. The third kappa shape index (κ3) is 3.41. The van der Waals surface area contributed by atoms with E-state index in [-0.39, 0.29) is 12.0 Å². The first-order valence-electron chi connectivity index (χ1n) is 8.29. The van der Waals surface area contributed by atoms with E-state index in [1.807, 2.05) is 4.90 Å². The summed E-state index contributed by atoms with van der Waals surface area (Å²) in [5, 5.41) is 0.994. The number of amides is 1. The van der Waals surface area contributed by atoms with Crippen LogP contribution >= 0.6 is 11.5 Å². The largest absolute Gasteiger partial charge is 0.345 e. The molecule has 1 aromatic heterocycles. The Balaban J connectivity index is 1.58. The maximum atomic E-state index is 12.6. The van der Waals surface area contributed by atoms with Crippen LogP contribution in [0.3, 0.4) is 0 Å². The maximum Gasteiger partial charge on any atom is 0.225 e. The highest BCUT2D eigenvalue weighted by Gasteiger charge is 2.32. The van der Waals surface area contributed by atoms with E-state index >= 15 is 0 Å². The van der Waals surface area contributed by atoms with Crippen molar-refractivity contribution in [3.05, 3.63) is 5.82 Å². The summed E-state index contributed by atoms with van der Waals surface area (Å²) in [6.07, 6.45) is 4.66. The summed E-state index contributed by atoms with van der Waals surface area (Å²) in [5.41, 5.74) is 5.94. The Morgan fingerprint density at radius 1 is 1.32 bits per heavy atom. The number of rotatable bonds is 3. The Labute approximate surface area is 135 Å². The second-order valence-corrected chi connectivity index (χ2v) is 7.01. The SMILES string of the molecule is CCc1nsc(N2CCCN(C(=O)[C@@H]3CC[C@H](N)C3)CC2)n1. The van der Waals surface area contributed by atoms with E-state index in [0.717, 1.165) is 69.2 Å². The molecule has 1 aliphatic heterocycles. The fraction of sp³-hybridized carbons (Fsp3) is 0.800. The van der Waals surface area contributed by atoms with E-state index in [1.165, 1.54) is 11.5 Å². The van der Waals surface area contributed by atoms with Crippen molar-refractivity contribution >= 4 is 22.6 Å². The van der Waals surface area contributed by atoms with E-state index < -0.39 is 0 Å². The molecule has 1 saturated heterocycles. The molecule has 122 valence electrons. The van der Waals surface area contributed by atoms with Crippen molar-refractivity contribution < 1.29 is 4.79 Å². The predicted molar refractivity (Wildman–Crippen MR) is 88.0 cm³/mol. The van der Waals surface area contributed by atoms with Crippen molar-refractivity contribution in [3.8, 4) is 0 Å². The minimum Gasteiger partial charge on any atom is -0.345 e. The minimum atomic E-state index is 0.148. The fourth-order valence-corrected chi connectivity index (χ4v) is 4.15. The van der Waals surface area contributed by atoms with Gasteiger partial charge in [-0.25, -0.2) is 4.98 Å². The third-order valence-corrected chi connectivity index (χ3v) is 5.49. The summed E-state index contributed by atoms with van der Waals surface area (Å²) in [6.45, 7) is 5.50. The van der Waals surface area contributed by atoms with Gasteiger partial charge in [-0.05, 0) is 25.7 Å². The molecule has 2 aliphatic rings. The van der Waals surface area contributed by atoms with Gasteiger partial charge in [0.1, 0.15) is 5.82 Å². The zero-order valence-corrected chi connectivity index (χ0v) is 14.0. The number of hydrogen-bond donors (Lipinski definition) is 1. The summed E-state index contributed by atoms with van der Waals surface area (Å²) in [4.78, 5) is 21.5. The predicted octanol–water partition coefficient (Wildman–Crippen LogP) is 1.27. The quantitative estimate of drug-likeness (QED) is 0.906. The molecule has 0 bridgehead atoms. The molecule has 1 aromatic rings. The van der Waals surface area contributed by atoms with Crippen molar-refractivity contribution in [2.75, 3.05) is 31.1 Å². The van der Waals surface area contributed by atoms with Crippen LogP contribution in [0.5, 0.6) is 0 Å². The van der Waals surface area contributed by atoms with Crippen molar-refractivity contribution in [1.82, 2.24) is 14.3 Å². The average molecular weight is 323 g/mol. The molecule has 2 heterocycles. The zero-order chi connectivity index (χ0) is 15.5. The monoisotopic (exact) mass is 323 g/mol. The highest BCUT2D eigenvalue weighted by atomic mass is 32.1. The maximum absolute atomic E-state index is 12.6. The highest BCUT2D eigenvalue weighted by molar-refractivity contribution is 7.09. The van der Waals surface area contributed by atoms with Crippen molar-refractivity contribution in [2.45, 2.75) is 45.1 Å². The number of hydrogen-bond acceptors (Lipinski definition) is 6. The lowest BCUT2D eigenvalue weighted by Crippen LogP contribution is -2.38. The van der Waals surface area contributed by atoms with Crippen LogP contribution in [-0.4, -0.2) is 52.4 Å². The lowest BCUT2D eigenvalue weighted by Gasteiger charge is -2.24. The van der Waals surface area contributed by atoms with Gasteiger partial charge in [-0.1, -0.05) is 6.92 Å². The van der Waals surface area contributed by atoms with Crippen LogP contribution in [0.1, 0.15) is 38.4 Å². The third-order valence-electron chi connectivity index (χ3n) is 4.67. The Morgan fingerprint density at radius 3 is 2.86 bits per heavy atom. The summed E-state index contributed by atoms with van der Waals surface area (Å²) in [5.74, 6) is 1.37. The smallest absolute Gasteiger partial charge is 0.225 e. The standard InChI is InChI=1S/C15H25N5OS/c1-2-13-17-15(22-18-13)20-7-3-6-19(8-9-20)14(21)11-4-5-12(16)10-11/h11-12H,2-10,16H2,1H3/t11-,12+/m1/s1. The van der Waals surface area contributed by atoms with Crippen molar-refractivity contribution in [3.63, 3.8) is 0 Å². The first-order chi connectivity index (χ1) is 10.7. The Bertz CT molecular complexity index is 520. The van der Waals surface area contributed by atoms with E-state index in [4.69, 9.17) is 5.73 Å². The number of aromatic nitrogens is 2. The Morgan fingerprint density at radius 2 is 2.18 bits per heavy atom. The first kappa shape index (κ1) is 15.7. The van der Waals surface area contributed by atoms with Gasteiger partial charge < -0.3 is 15.5 Å². The molecule has 3 rings (SSSR count). The Kier molecular flexibility index (Phi) is 4.93. The summed E-state index contributed by atoms with van der Waals surface area (Å²) >= 11 is 1.47. The van der Waals surface area contributed by atoms with Crippen LogP contribution in [-0.2, 0) is 11.2 Å². The summed E-state index contributed by atoms with van der Waals surface area (Å²) in [7, 11) is 0. The first-order valence-corrected chi connectivity index (χ1v) is 9.06. The van der Waals surface area contributed by atoms with Crippen LogP contribution in [0.2, 0.25) is 0 Å². The molecule has 7 heteroatoms. The molecular formula is C15H25N5OS. The number of carbonyl (C=O) groups excluding carboxylic acids is 1. The molecule has 1 amide bonds. The summed E-state index contributed by atoms with van der Waals surface area (Å²) in [6, 6.07) is 0.214. The van der Waals surface area contributed by atoms with E-state index in [2.05, 4.69) is 21.2 Å². The molecule has 0 unspecified atom stereocenters. The van der Waals surface area contributed by atoms with Gasteiger partial charge in [-0.2, -0.15) is 4.37 Å². The van der Waals surface area contributed by atoms with Crippen molar-refractivity contribution in [1.29, 1.82) is 0 Å². The second-order valence-electron chi connectivity index (χ2n) is 6.28. The van der Waals surface area contributed by atoms with Crippen LogP contribution in [0.15, 0.2) is 0 Å². The van der Waals surface area contributed by atoms with Gasteiger partial charge in [0, 0.05) is 56.1 Å². The lowest BCUT2D eigenvalue weighted by molar-refractivity contribution is -0.135. The molecule has 22 heavy (non-hydrogen) atoms. The lowest BCUT2D eigenvalue weighted by atomic mass is 10.1. The number of aryl methyl sites for hydroxylation is 1.